The van der Waals surface area contributed by atoms with Crippen LogP contribution in [-0.4, -0.2) is 14.4 Å². The van der Waals surface area contributed by atoms with Crippen LogP contribution in [0.5, 0.6) is 0 Å². The Bertz CT molecular complexity index is 665. The summed E-state index contributed by atoms with van der Waals surface area (Å²) >= 11 is 5.83. The molecule has 4 heteroatoms. The molecule has 0 saturated heterocycles. The highest BCUT2D eigenvalue weighted by atomic mass is 35.5. The molecule has 0 bridgehead atoms. The molecule has 2 heterocycles. The van der Waals surface area contributed by atoms with Crippen LogP contribution in [0, 0.1) is 0 Å². The van der Waals surface area contributed by atoms with Gasteiger partial charge in [-0.05, 0) is 29.8 Å². The van der Waals surface area contributed by atoms with Gasteiger partial charge >= 0.3 is 0 Å². The molecule has 0 amide bonds. The summed E-state index contributed by atoms with van der Waals surface area (Å²) in [6.07, 6.45) is 9.55. The molecule has 0 saturated carbocycles. The van der Waals surface area contributed by atoms with Crippen LogP contribution in [0.1, 0.15) is 11.3 Å². The van der Waals surface area contributed by atoms with E-state index in [-0.39, 0.29) is 0 Å². The van der Waals surface area contributed by atoms with E-state index in [2.05, 4.69) is 9.97 Å². The van der Waals surface area contributed by atoms with Gasteiger partial charge in [-0.25, -0.2) is 9.97 Å². The highest BCUT2D eigenvalue weighted by Crippen LogP contribution is 2.12. The van der Waals surface area contributed by atoms with Crippen LogP contribution in [0.2, 0.25) is 5.02 Å². The number of hydrogen-bond acceptors (Lipinski definition) is 2. The molecule has 0 aliphatic carbocycles. The van der Waals surface area contributed by atoms with E-state index in [1.165, 1.54) is 0 Å². The fraction of sp³-hybridized carbons (Fsp3) is 0. The minimum Gasteiger partial charge on any atom is -0.291 e. The van der Waals surface area contributed by atoms with Crippen molar-refractivity contribution in [3.05, 3.63) is 65.2 Å². The van der Waals surface area contributed by atoms with Gasteiger partial charge in [0.25, 0.3) is 0 Å². The minimum absolute atomic E-state index is 0.702. The Kier molecular flexibility index (Phi) is 2.82. The lowest BCUT2D eigenvalue weighted by Crippen LogP contribution is -1.82. The molecule has 0 atom stereocenters. The van der Waals surface area contributed by atoms with Gasteiger partial charge in [0.05, 0.1) is 5.69 Å². The Hall–Kier alpha value is -2.13. The fourth-order valence-electron chi connectivity index (χ4n) is 1.68. The van der Waals surface area contributed by atoms with Crippen molar-refractivity contribution in [2.45, 2.75) is 0 Å². The molecule has 88 valence electrons. The van der Waals surface area contributed by atoms with Crippen molar-refractivity contribution < 1.29 is 0 Å². The van der Waals surface area contributed by atoms with Crippen LogP contribution >= 0.6 is 11.6 Å². The molecule has 0 aliphatic heterocycles. The Morgan fingerprint density at radius 2 is 1.94 bits per heavy atom. The lowest BCUT2D eigenvalue weighted by atomic mass is 10.2. The SMILES string of the molecule is Clc1ccc(/C=C/c2cn3cccnc3n2)cc1. The van der Waals surface area contributed by atoms with Gasteiger partial charge in [0.1, 0.15) is 0 Å². The first-order chi connectivity index (χ1) is 8.81. The monoisotopic (exact) mass is 255 g/mol. The fourth-order valence-corrected chi connectivity index (χ4v) is 1.81. The largest absolute Gasteiger partial charge is 0.291 e. The van der Waals surface area contributed by atoms with Crippen molar-refractivity contribution in [1.82, 2.24) is 14.4 Å². The maximum atomic E-state index is 5.83. The molecule has 0 aliphatic rings. The van der Waals surface area contributed by atoms with Crippen LogP contribution in [0.15, 0.2) is 48.9 Å². The van der Waals surface area contributed by atoms with Crippen molar-refractivity contribution in [2.75, 3.05) is 0 Å². The van der Waals surface area contributed by atoms with E-state index in [0.717, 1.165) is 16.3 Å². The maximum absolute atomic E-state index is 5.83. The van der Waals surface area contributed by atoms with Gasteiger partial charge in [-0.1, -0.05) is 29.8 Å². The summed E-state index contributed by atoms with van der Waals surface area (Å²) in [4.78, 5) is 8.55. The highest BCUT2D eigenvalue weighted by Gasteiger charge is 1.97. The molecule has 0 radical (unpaired) electrons. The molecule has 0 unspecified atom stereocenters. The van der Waals surface area contributed by atoms with Crippen LogP contribution in [0.4, 0.5) is 0 Å². The van der Waals surface area contributed by atoms with E-state index in [1.54, 1.807) is 6.20 Å². The second-order valence-electron chi connectivity index (χ2n) is 3.88. The summed E-state index contributed by atoms with van der Waals surface area (Å²) in [5, 5.41) is 0.740. The molecule has 1 aromatic carbocycles. The summed E-state index contributed by atoms with van der Waals surface area (Å²) in [5.74, 6) is 0.702. The molecule has 0 spiro atoms. The van der Waals surface area contributed by atoms with Gasteiger partial charge in [0.15, 0.2) is 0 Å². The van der Waals surface area contributed by atoms with E-state index in [4.69, 9.17) is 11.6 Å². The number of rotatable bonds is 2. The Morgan fingerprint density at radius 1 is 1.11 bits per heavy atom. The van der Waals surface area contributed by atoms with Gasteiger partial charge in [0, 0.05) is 23.6 Å². The summed E-state index contributed by atoms with van der Waals surface area (Å²) in [7, 11) is 0. The van der Waals surface area contributed by atoms with Crippen molar-refractivity contribution in [1.29, 1.82) is 0 Å². The first kappa shape index (κ1) is 11.0. The first-order valence-electron chi connectivity index (χ1n) is 5.55. The lowest BCUT2D eigenvalue weighted by Gasteiger charge is -1.92. The van der Waals surface area contributed by atoms with Crippen LogP contribution in [-0.2, 0) is 0 Å². The number of fused-ring (bicyclic) bond motifs is 1. The van der Waals surface area contributed by atoms with Gasteiger partial charge < -0.3 is 0 Å². The normalized spacial score (nSPS) is 11.4. The summed E-state index contributed by atoms with van der Waals surface area (Å²) in [5.41, 5.74) is 1.97. The third-order valence-corrected chi connectivity index (χ3v) is 2.82. The molecular formula is C14H10ClN3. The van der Waals surface area contributed by atoms with Crippen LogP contribution in [0.3, 0.4) is 0 Å². The third-order valence-electron chi connectivity index (χ3n) is 2.57. The summed E-state index contributed by atoms with van der Waals surface area (Å²) < 4.78 is 1.89. The number of nitrogens with zero attached hydrogens (tertiary/aromatic N) is 3. The molecule has 0 fully saturated rings. The summed E-state index contributed by atoms with van der Waals surface area (Å²) in [6.45, 7) is 0. The van der Waals surface area contributed by atoms with Gasteiger partial charge in [-0.15, -0.1) is 0 Å². The molecule has 0 N–H and O–H groups in total. The summed E-state index contributed by atoms with van der Waals surface area (Å²) in [6, 6.07) is 9.54. The first-order valence-corrected chi connectivity index (χ1v) is 5.92. The van der Waals surface area contributed by atoms with E-state index in [1.807, 2.05) is 59.3 Å². The Morgan fingerprint density at radius 3 is 2.72 bits per heavy atom. The lowest BCUT2D eigenvalue weighted by molar-refractivity contribution is 1.11. The maximum Gasteiger partial charge on any atom is 0.234 e. The predicted octanol–water partition coefficient (Wildman–Crippen LogP) is 3.55. The second kappa shape index (κ2) is 4.63. The second-order valence-corrected chi connectivity index (χ2v) is 4.31. The standard InChI is InChI=1S/C14H10ClN3/c15-12-5-2-11(3-6-12)4-7-13-10-18-9-1-8-16-14(18)17-13/h1-10H/b7-4+. The van der Waals surface area contributed by atoms with Crippen molar-refractivity contribution in [2.24, 2.45) is 0 Å². The minimum atomic E-state index is 0.702. The molecule has 18 heavy (non-hydrogen) atoms. The van der Waals surface area contributed by atoms with E-state index < -0.39 is 0 Å². The topological polar surface area (TPSA) is 30.2 Å². The van der Waals surface area contributed by atoms with Crippen LogP contribution in [0.25, 0.3) is 17.9 Å². The molecule has 2 aromatic heterocycles. The van der Waals surface area contributed by atoms with E-state index in [0.29, 0.717) is 5.78 Å². The zero-order valence-electron chi connectivity index (χ0n) is 9.49. The van der Waals surface area contributed by atoms with Gasteiger partial charge in [0.2, 0.25) is 5.78 Å². The smallest absolute Gasteiger partial charge is 0.234 e. The molecule has 3 aromatic rings. The highest BCUT2D eigenvalue weighted by molar-refractivity contribution is 6.30. The Balaban J connectivity index is 1.89. The molecule has 3 nitrogen and oxygen atoms in total. The van der Waals surface area contributed by atoms with E-state index in [9.17, 15) is 0 Å². The number of benzene rings is 1. The molecular weight excluding hydrogens is 246 g/mol. The van der Waals surface area contributed by atoms with E-state index >= 15 is 0 Å². The average Bonchev–Trinajstić information content (AvgIpc) is 2.81. The quantitative estimate of drug-likeness (QED) is 0.701. The van der Waals surface area contributed by atoms with Gasteiger partial charge in [-0.2, -0.15) is 0 Å². The predicted molar refractivity (Wildman–Crippen MR) is 73.4 cm³/mol. The number of imidazole rings is 1. The number of halogens is 1. The number of aromatic nitrogens is 3. The van der Waals surface area contributed by atoms with Crippen molar-refractivity contribution in [3.8, 4) is 0 Å². The average molecular weight is 256 g/mol. The zero-order chi connectivity index (χ0) is 12.4. The van der Waals surface area contributed by atoms with Crippen LogP contribution < -0.4 is 0 Å². The van der Waals surface area contributed by atoms with Gasteiger partial charge in [-0.3, -0.25) is 4.40 Å². The van der Waals surface area contributed by atoms with Crippen molar-refractivity contribution in [3.63, 3.8) is 0 Å². The number of hydrogen-bond donors (Lipinski definition) is 0. The Labute approximate surface area is 109 Å². The zero-order valence-corrected chi connectivity index (χ0v) is 10.2. The van der Waals surface area contributed by atoms with Crippen molar-refractivity contribution >= 4 is 29.5 Å². The third kappa shape index (κ3) is 2.26. The molecule has 3 rings (SSSR count).